The van der Waals surface area contributed by atoms with E-state index in [1.54, 1.807) is 0 Å². The summed E-state index contributed by atoms with van der Waals surface area (Å²) >= 11 is 0. The zero-order chi connectivity index (χ0) is 13.2. The summed E-state index contributed by atoms with van der Waals surface area (Å²) in [5.74, 6) is 0.00827. The van der Waals surface area contributed by atoms with Gasteiger partial charge in [-0.25, -0.2) is 4.79 Å². The molecule has 2 rings (SSSR count). The molecule has 1 aliphatic carbocycles. The lowest BCUT2D eigenvalue weighted by Crippen LogP contribution is -2.65. The first kappa shape index (κ1) is 13.8. The molecule has 4 heteroatoms. The third kappa shape index (κ3) is 3.23. The normalized spacial score (nSPS) is 31.9. The third-order valence-corrected chi connectivity index (χ3v) is 4.47. The van der Waals surface area contributed by atoms with E-state index >= 15 is 0 Å². The molecule has 1 saturated carbocycles. The molecule has 2 unspecified atom stereocenters. The van der Waals surface area contributed by atoms with Crippen LogP contribution in [-0.2, 0) is 9.53 Å². The Balaban J connectivity index is 1.75. The molecule has 0 radical (unpaired) electrons. The molecule has 0 aromatic carbocycles. The van der Waals surface area contributed by atoms with Crippen LogP contribution in [0.2, 0.25) is 0 Å². The second-order valence-electron chi connectivity index (χ2n) is 6.13. The lowest BCUT2D eigenvalue weighted by molar-refractivity contribution is -0.171. The van der Waals surface area contributed by atoms with Gasteiger partial charge in [-0.05, 0) is 25.7 Å². The third-order valence-electron chi connectivity index (χ3n) is 4.47. The van der Waals surface area contributed by atoms with Crippen molar-refractivity contribution < 1.29 is 14.6 Å². The number of carbonyl (C=O) groups is 1. The molecule has 104 valence electrons. The first-order valence-corrected chi connectivity index (χ1v) is 7.12. The van der Waals surface area contributed by atoms with Crippen LogP contribution >= 0.6 is 0 Å². The number of hydrogen-bond acceptors (Lipinski definition) is 3. The Morgan fingerprint density at radius 2 is 2.17 bits per heavy atom. The Hall–Kier alpha value is -0.610. The average molecular weight is 255 g/mol. The SMILES string of the molecule is CCC1CCCC(N2CC(C)(OCC(=O)O)C2)C1. The van der Waals surface area contributed by atoms with Crippen molar-refractivity contribution in [2.24, 2.45) is 5.92 Å². The minimum atomic E-state index is -0.876. The van der Waals surface area contributed by atoms with Crippen molar-refractivity contribution in [3.8, 4) is 0 Å². The van der Waals surface area contributed by atoms with Crippen LogP contribution < -0.4 is 0 Å². The summed E-state index contributed by atoms with van der Waals surface area (Å²) in [4.78, 5) is 13.0. The molecule has 1 heterocycles. The van der Waals surface area contributed by atoms with Gasteiger partial charge in [0, 0.05) is 19.1 Å². The first-order valence-electron chi connectivity index (χ1n) is 7.12. The highest BCUT2D eigenvalue weighted by molar-refractivity contribution is 5.68. The lowest BCUT2D eigenvalue weighted by atomic mass is 9.81. The lowest BCUT2D eigenvalue weighted by Gasteiger charge is -2.52. The second kappa shape index (κ2) is 5.57. The van der Waals surface area contributed by atoms with Gasteiger partial charge in [0.05, 0.1) is 5.60 Å². The van der Waals surface area contributed by atoms with E-state index in [1.165, 1.54) is 32.1 Å². The van der Waals surface area contributed by atoms with Crippen molar-refractivity contribution in [1.82, 2.24) is 4.90 Å². The molecule has 2 aliphatic rings. The maximum atomic E-state index is 10.5. The summed E-state index contributed by atoms with van der Waals surface area (Å²) in [7, 11) is 0. The van der Waals surface area contributed by atoms with E-state index in [0.29, 0.717) is 6.04 Å². The quantitative estimate of drug-likeness (QED) is 0.817. The summed E-state index contributed by atoms with van der Waals surface area (Å²) in [6.45, 7) is 5.91. The molecule has 1 aliphatic heterocycles. The summed E-state index contributed by atoms with van der Waals surface area (Å²) in [5, 5.41) is 8.64. The van der Waals surface area contributed by atoms with E-state index < -0.39 is 5.97 Å². The van der Waals surface area contributed by atoms with E-state index in [0.717, 1.165) is 19.0 Å². The van der Waals surface area contributed by atoms with Crippen molar-refractivity contribution in [3.05, 3.63) is 0 Å². The van der Waals surface area contributed by atoms with E-state index in [-0.39, 0.29) is 12.2 Å². The van der Waals surface area contributed by atoms with E-state index in [9.17, 15) is 4.79 Å². The summed E-state index contributed by atoms with van der Waals surface area (Å²) < 4.78 is 5.46. The standard InChI is InChI=1S/C14H25NO3/c1-3-11-5-4-6-12(7-11)15-9-14(2,10-15)18-8-13(16)17/h11-12H,3-10H2,1-2H3,(H,16,17). The van der Waals surface area contributed by atoms with Crippen LogP contribution in [0.3, 0.4) is 0 Å². The Morgan fingerprint density at radius 1 is 1.44 bits per heavy atom. The topological polar surface area (TPSA) is 49.8 Å². The van der Waals surface area contributed by atoms with Crippen molar-refractivity contribution >= 4 is 5.97 Å². The van der Waals surface area contributed by atoms with E-state index in [4.69, 9.17) is 9.84 Å². The fourth-order valence-corrected chi connectivity index (χ4v) is 3.36. The Morgan fingerprint density at radius 3 is 2.78 bits per heavy atom. The van der Waals surface area contributed by atoms with Gasteiger partial charge < -0.3 is 9.84 Å². The molecule has 1 N–H and O–H groups in total. The van der Waals surface area contributed by atoms with Crippen molar-refractivity contribution in [2.45, 2.75) is 57.6 Å². The van der Waals surface area contributed by atoms with Gasteiger partial charge in [-0.3, -0.25) is 4.90 Å². The number of likely N-dealkylation sites (tertiary alicyclic amines) is 1. The maximum Gasteiger partial charge on any atom is 0.329 e. The molecule has 1 saturated heterocycles. The number of rotatable bonds is 5. The maximum absolute atomic E-state index is 10.5. The Bertz CT molecular complexity index is 299. The number of carboxylic acids is 1. The minimum absolute atomic E-state index is 0.174. The van der Waals surface area contributed by atoms with Gasteiger partial charge in [0.15, 0.2) is 0 Å². The number of ether oxygens (including phenoxy) is 1. The molecular formula is C14H25NO3. The van der Waals surface area contributed by atoms with Crippen molar-refractivity contribution in [3.63, 3.8) is 0 Å². The number of carboxylic acid groups (broad SMARTS) is 1. The summed E-state index contributed by atoms with van der Waals surface area (Å²) in [6.07, 6.45) is 6.62. The van der Waals surface area contributed by atoms with Gasteiger partial charge in [0.25, 0.3) is 0 Å². The van der Waals surface area contributed by atoms with Gasteiger partial charge in [-0.1, -0.05) is 26.2 Å². The molecule has 0 bridgehead atoms. The smallest absolute Gasteiger partial charge is 0.329 e. The van der Waals surface area contributed by atoms with Crippen molar-refractivity contribution in [1.29, 1.82) is 0 Å². The van der Waals surface area contributed by atoms with Gasteiger partial charge in [0.1, 0.15) is 6.61 Å². The molecule has 0 spiro atoms. The van der Waals surface area contributed by atoms with Gasteiger partial charge >= 0.3 is 5.97 Å². The molecule has 2 fully saturated rings. The van der Waals surface area contributed by atoms with Gasteiger partial charge in [-0.2, -0.15) is 0 Å². The highest BCUT2D eigenvalue weighted by atomic mass is 16.5. The Kier molecular flexibility index (Phi) is 4.28. The van der Waals surface area contributed by atoms with Crippen LogP contribution in [0.25, 0.3) is 0 Å². The highest BCUT2D eigenvalue weighted by Gasteiger charge is 2.43. The second-order valence-corrected chi connectivity index (χ2v) is 6.13. The predicted octanol–water partition coefficient (Wildman–Crippen LogP) is 2.13. The summed E-state index contributed by atoms with van der Waals surface area (Å²) in [6, 6.07) is 0.699. The van der Waals surface area contributed by atoms with Crippen LogP contribution in [0.5, 0.6) is 0 Å². The highest BCUT2D eigenvalue weighted by Crippen LogP contribution is 2.35. The van der Waals surface area contributed by atoms with E-state index in [2.05, 4.69) is 11.8 Å². The molecule has 2 atom stereocenters. The number of aliphatic carboxylic acids is 1. The zero-order valence-corrected chi connectivity index (χ0v) is 11.5. The van der Waals surface area contributed by atoms with Gasteiger partial charge in [-0.15, -0.1) is 0 Å². The van der Waals surface area contributed by atoms with E-state index in [1.807, 2.05) is 6.92 Å². The average Bonchev–Trinajstić information content (AvgIpc) is 2.33. The van der Waals surface area contributed by atoms with Crippen LogP contribution in [0.4, 0.5) is 0 Å². The zero-order valence-electron chi connectivity index (χ0n) is 11.5. The van der Waals surface area contributed by atoms with Crippen LogP contribution in [0.1, 0.15) is 46.0 Å². The van der Waals surface area contributed by atoms with Crippen LogP contribution in [0.15, 0.2) is 0 Å². The monoisotopic (exact) mass is 255 g/mol. The fourth-order valence-electron chi connectivity index (χ4n) is 3.36. The number of hydrogen-bond donors (Lipinski definition) is 1. The molecule has 4 nitrogen and oxygen atoms in total. The van der Waals surface area contributed by atoms with Crippen LogP contribution in [-0.4, -0.2) is 47.3 Å². The molecule has 0 aromatic rings. The predicted molar refractivity (Wildman–Crippen MR) is 69.6 cm³/mol. The molecule has 0 amide bonds. The fraction of sp³-hybridized carbons (Fsp3) is 0.929. The molecule has 18 heavy (non-hydrogen) atoms. The molecule has 0 aromatic heterocycles. The molecular weight excluding hydrogens is 230 g/mol. The summed E-state index contributed by atoms with van der Waals surface area (Å²) in [5.41, 5.74) is -0.239. The Labute approximate surface area is 109 Å². The van der Waals surface area contributed by atoms with Crippen molar-refractivity contribution in [2.75, 3.05) is 19.7 Å². The minimum Gasteiger partial charge on any atom is -0.480 e. The van der Waals surface area contributed by atoms with Crippen LogP contribution in [0, 0.1) is 5.92 Å². The van der Waals surface area contributed by atoms with Gasteiger partial charge in [0.2, 0.25) is 0 Å². The largest absolute Gasteiger partial charge is 0.480 e. The first-order chi connectivity index (χ1) is 8.52. The number of nitrogens with zero attached hydrogens (tertiary/aromatic N) is 1.